The molecule has 0 saturated heterocycles. The van der Waals surface area contributed by atoms with E-state index in [0.717, 1.165) is 17.6 Å². The Balaban J connectivity index is 1.87. The molecule has 2 rings (SSSR count). The summed E-state index contributed by atoms with van der Waals surface area (Å²) >= 11 is 0. The minimum atomic E-state index is -0.506. The van der Waals surface area contributed by atoms with Gasteiger partial charge in [0.1, 0.15) is 6.04 Å². The largest absolute Gasteiger partial charge is 0.354 e. The van der Waals surface area contributed by atoms with E-state index in [1.54, 1.807) is 0 Å². The fourth-order valence-electron chi connectivity index (χ4n) is 2.46. The molecule has 0 spiro atoms. The highest BCUT2D eigenvalue weighted by molar-refractivity contribution is 6.03. The van der Waals surface area contributed by atoms with Crippen LogP contribution in [0.15, 0.2) is 41.5 Å². The van der Waals surface area contributed by atoms with Crippen molar-refractivity contribution in [3.63, 3.8) is 0 Å². The Morgan fingerprint density at radius 1 is 1.30 bits per heavy atom. The van der Waals surface area contributed by atoms with Gasteiger partial charge in [0.25, 0.3) is 0 Å². The van der Waals surface area contributed by atoms with Crippen molar-refractivity contribution >= 4 is 11.8 Å². The van der Waals surface area contributed by atoms with E-state index in [9.17, 15) is 9.59 Å². The maximum Gasteiger partial charge on any atom is 0.248 e. The molecule has 106 valence electrons. The molecular formula is C16H20N2O2. The van der Waals surface area contributed by atoms with E-state index < -0.39 is 6.04 Å². The molecule has 1 aromatic carbocycles. The Kier molecular flexibility index (Phi) is 4.56. The molecule has 1 aliphatic heterocycles. The molecule has 4 nitrogen and oxygen atoms in total. The van der Waals surface area contributed by atoms with Crippen LogP contribution < -0.4 is 10.6 Å². The van der Waals surface area contributed by atoms with Gasteiger partial charge >= 0.3 is 0 Å². The molecule has 2 amide bonds. The normalized spacial score (nSPS) is 18.1. The summed E-state index contributed by atoms with van der Waals surface area (Å²) in [6.45, 7) is 4.34. The highest BCUT2D eigenvalue weighted by Gasteiger charge is 2.32. The van der Waals surface area contributed by atoms with Gasteiger partial charge in [0.15, 0.2) is 0 Å². The van der Waals surface area contributed by atoms with Gasteiger partial charge < -0.3 is 10.6 Å². The molecule has 0 saturated carbocycles. The van der Waals surface area contributed by atoms with Gasteiger partial charge in [-0.1, -0.05) is 37.3 Å². The lowest BCUT2D eigenvalue weighted by Crippen LogP contribution is -2.44. The highest BCUT2D eigenvalue weighted by Crippen LogP contribution is 2.19. The second kappa shape index (κ2) is 6.37. The zero-order valence-corrected chi connectivity index (χ0v) is 11.9. The second-order valence-corrected chi connectivity index (χ2v) is 4.95. The average molecular weight is 272 g/mol. The van der Waals surface area contributed by atoms with Crippen LogP contribution in [0.4, 0.5) is 0 Å². The monoisotopic (exact) mass is 272 g/mol. The van der Waals surface area contributed by atoms with Crippen LogP contribution in [0.25, 0.3) is 0 Å². The zero-order valence-electron chi connectivity index (χ0n) is 11.9. The lowest BCUT2D eigenvalue weighted by atomic mass is 10.0. The fourth-order valence-corrected chi connectivity index (χ4v) is 2.46. The lowest BCUT2D eigenvalue weighted by molar-refractivity contribution is -0.125. The van der Waals surface area contributed by atoms with Gasteiger partial charge in [-0.15, -0.1) is 0 Å². The van der Waals surface area contributed by atoms with Crippen LogP contribution in [0.5, 0.6) is 0 Å². The molecule has 1 aliphatic rings. The Hall–Kier alpha value is -2.10. The number of hydrogen-bond donors (Lipinski definition) is 2. The Morgan fingerprint density at radius 3 is 2.60 bits per heavy atom. The maximum absolute atomic E-state index is 12.1. The van der Waals surface area contributed by atoms with Crippen molar-refractivity contribution < 1.29 is 9.59 Å². The first-order valence-corrected chi connectivity index (χ1v) is 6.95. The van der Waals surface area contributed by atoms with Gasteiger partial charge in [-0.2, -0.15) is 0 Å². The molecule has 2 N–H and O–H groups in total. The maximum atomic E-state index is 12.1. The van der Waals surface area contributed by atoms with Gasteiger partial charge in [0, 0.05) is 12.1 Å². The summed E-state index contributed by atoms with van der Waals surface area (Å²) in [6.07, 6.45) is 1.45. The smallest absolute Gasteiger partial charge is 0.248 e. The average Bonchev–Trinajstić information content (AvgIpc) is 2.74. The zero-order chi connectivity index (χ0) is 14.5. The number of amides is 2. The quantitative estimate of drug-likeness (QED) is 0.855. The third-order valence-electron chi connectivity index (χ3n) is 3.63. The fraction of sp³-hybridized carbons (Fsp3) is 0.375. The van der Waals surface area contributed by atoms with Gasteiger partial charge in [-0.3, -0.25) is 9.59 Å². The van der Waals surface area contributed by atoms with E-state index in [1.807, 2.05) is 44.2 Å². The third kappa shape index (κ3) is 3.07. The van der Waals surface area contributed by atoms with Crippen LogP contribution in [0.3, 0.4) is 0 Å². The number of benzene rings is 1. The molecule has 1 atom stereocenters. The van der Waals surface area contributed by atoms with Crippen molar-refractivity contribution in [1.29, 1.82) is 0 Å². The first-order valence-electron chi connectivity index (χ1n) is 6.95. The highest BCUT2D eigenvalue weighted by atomic mass is 16.2. The Bertz CT molecular complexity index is 535. The van der Waals surface area contributed by atoms with E-state index in [2.05, 4.69) is 10.6 Å². The molecule has 0 aromatic heterocycles. The molecule has 0 radical (unpaired) electrons. The number of carbonyl (C=O) groups is 2. The Labute approximate surface area is 119 Å². The van der Waals surface area contributed by atoms with E-state index >= 15 is 0 Å². The standard InChI is InChI=1S/C16H20N2O2/c1-3-13-11(2)14(18-15(13)19)16(20)17-10-9-12-7-5-4-6-8-12/h4-8,14H,3,9-10H2,1-2H3,(H,17,20)(H,18,19)/t14-/m0/s1. The topological polar surface area (TPSA) is 58.2 Å². The van der Waals surface area contributed by atoms with Crippen LogP contribution >= 0.6 is 0 Å². The van der Waals surface area contributed by atoms with Crippen molar-refractivity contribution in [3.05, 3.63) is 47.0 Å². The third-order valence-corrected chi connectivity index (χ3v) is 3.63. The van der Waals surface area contributed by atoms with E-state index in [1.165, 1.54) is 5.56 Å². The lowest BCUT2D eigenvalue weighted by Gasteiger charge is -2.13. The summed E-state index contributed by atoms with van der Waals surface area (Å²) < 4.78 is 0. The summed E-state index contributed by atoms with van der Waals surface area (Å²) in [5, 5.41) is 5.61. The molecule has 0 aliphatic carbocycles. The molecule has 1 heterocycles. The van der Waals surface area contributed by atoms with E-state index in [4.69, 9.17) is 0 Å². The van der Waals surface area contributed by atoms with Crippen molar-refractivity contribution in [3.8, 4) is 0 Å². The van der Waals surface area contributed by atoms with E-state index in [-0.39, 0.29) is 11.8 Å². The number of nitrogens with one attached hydrogen (secondary N) is 2. The SMILES string of the molecule is CCC1=C(C)[C@@H](C(=O)NCCc2ccccc2)NC1=O. The van der Waals surface area contributed by atoms with Gasteiger partial charge in [0.2, 0.25) is 11.8 Å². The molecule has 20 heavy (non-hydrogen) atoms. The van der Waals surface area contributed by atoms with Crippen molar-refractivity contribution in [2.45, 2.75) is 32.7 Å². The van der Waals surface area contributed by atoms with Crippen LogP contribution in [-0.2, 0) is 16.0 Å². The first kappa shape index (κ1) is 14.3. The molecule has 1 aromatic rings. The summed E-state index contributed by atoms with van der Waals surface area (Å²) in [5.74, 6) is -0.247. The van der Waals surface area contributed by atoms with Crippen LogP contribution in [0.2, 0.25) is 0 Å². The minimum absolute atomic E-state index is 0.117. The van der Waals surface area contributed by atoms with Gasteiger partial charge in [-0.25, -0.2) is 0 Å². The van der Waals surface area contributed by atoms with Gasteiger partial charge in [-0.05, 0) is 30.9 Å². The van der Waals surface area contributed by atoms with E-state index in [0.29, 0.717) is 13.0 Å². The Morgan fingerprint density at radius 2 is 2.00 bits per heavy atom. The molecular weight excluding hydrogens is 252 g/mol. The summed E-state index contributed by atoms with van der Waals surface area (Å²) in [5.41, 5.74) is 2.76. The molecule has 0 unspecified atom stereocenters. The predicted molar refractivity (Wildman–Crippen MR) is 78.1 cm³/mol. The summed E-state index contributed by atoms with van der Waals surface area (Å²) in [7, 11) is 0. The number of carbonyl (C=O) groups excluding carboxylic acids is 2. The minimum Gasteiger partial charge on any atom is -0.354 e. The number of hydrogen-bond acceptors (Lipinski definition) is 2. The van der Waals surface area contributed by atoms with Crippen molar-refractivity contribution in [1.82, 2.24) is 10.6 Å². The van der Waals surface area contributed by atoms with Crippen LogP contribution in [-0.4, -0.2) is 24.4 Å². The predicted octanol–water partition coefficient (Wildman–Crippen LogP) is 1.57. The van der Waals surface area contributed by atoms with Crippen molar-refractivity contribution in [2.24, 2.45) is 0 Å². The summed E-state index contributed by atoms with van der Waals surface area (Å²) in [4.78, 5) is 23.8. The molecule has 0 bridgehead atoms. The summed E-state index contributed by atoms with van der Waals surface area (Å²) in [6, 6.07) is 9.49. The van der Waals surface area contributed by atoms with Crippen molar-refractivity contribution in [2.75, 3.05) is 6.54 Å². The first-order chi connectivity index (χ1) is 9.63. The van der Waals surface area contributed by atoms with Crippen LogP contribution in [0, 0.1) is 0 Å². The van der Waals surface area contributed by atoms with Gasteiger partial charge in [0.05, 0.1) is 0 Å². The second-order valence-electron chi connectivity index (χ2n) is 4.95. The van der Waals surface area contributed by atoms with Crippen LogP contribution in [0.1, 0.15) is 25.8 Å². The number of rotatable bonds is 5. The molecule has 4 heteroatoms. The molecule has 0 fully saturated rings.